The summed E-state index contributed by atoms with van der Waals surface area (Å²) in [5.41, 5.74) is 1.93. The Morgan fingerprint density at radius 1 is 1.50 bits per heavy atom. The average molecular weight is 285 g/mol. The van der Waals surface area contributed by atoms with Gasteiger partial charge < -0.3 is 10.6 Å². The smallest absolute Gasteiger partial charge is 0.228 e. The second kappa shape index (κ2) is 6.01. The van der Waals surface area contributed by atoms with Crippen LogP contribution in [0.4, 0.5) is 5.69 Å². The van der Waals surface area contributed by atoms with Crippen molar-refractivity contribution in [2.45, 2.75) is 13.8 Å². The van der Waals surface area contributed by atoms with Gasteiger partial charge in [-0.15, -0.1) is 0 Å². The first-order valence-electron chi connectivity index (χ1n) is 5.26. The van der Waals surface area contributed by atoms with Gasteiger partial charge in [-0.1, -0.05) is 22.9 Å². The van der Waals surface area contributed by atoms with Crippen molar-refractivity contribution in [1.82, 2.24) is 5.32 Å². The van der Waals surface area contributed by atoms with Crippen LogP contribution in [0.1, 0.15) is 12.5 Å². The highest BCUT2D eigenvalue weighted by molar-refractivity contribution is 9.10. The molecule has 88 valence electrons. The van der Waals surface area contributed by atoms with Crippen molar-refractivity contribution >= 4 is 27.5 Å². The standard InChI is InChI=1S/C12H17BrN2O/c1-8-6-10(13)4-5-11(8)15-12(16)9(2)7-14-3/h4-6,9,14H,7H2,1-3H3,(H,15,16). The zero-order valence-electron chi connectivity index (χ0n) is 9.80. The Bertz CT molecular complexity index is 379. The molecule has 0 saturated carbocycles. The molecule has 1 aromatic carbocycles. The molecule has 3 nitrogen and oxygen atoms in total. The Labute approximate surface area is 105 Å². The highest BCUT2D eigenvalue weighted by Crippen LogP contribution is 2.20. The van der Waals surface area contributed by atoms with Gasteiger partial charge in [-0.05, 0) is 37.7 Å². The fraction of sp³-hybridized carbons (Fsp3) is 0.417. The van der Waals surface area contributed by atoms with Gasteiger partial charge in [0, 0.05) is 22.6 Å². The summed E-state index contributed by atoms with van der Waals surface area (Å²) in [6.45, 7) is 4.56. The molecule has 1 amide bonds. The number of halogens is 1. The van der Waals surface area contributed by atoms with E-state index < -0.39 is 0 Å². The molecule has 4 heteroatoms. The zero-order chi connectivity index (χ0) is 12.1. The highest BCUT2D eigenvalue weighted by atomic mass is 79.9. The molecule has 1 atom stereocenters. The van der Waals surface area contributed by atoms with Gasteiger partial charge in [-0.2, -0.15) is 0 Å². The molecule has 0 aromatic heterocycles. The topological polar surface area (TPSA) is 41.1 Å². The normalized spacial score (nSPS) is 12.2. The summed E-state index contributed by atoms with van der Waals surface area (Å²) in [6, 6.07) is 5.81. The highest BCUT2D eigenvalue weighted by Gasteiger charge is 2.12. The number of benzene rings is 1. The number of amides is 1. The molecule has 0 heterocycles. The van der Waals surface area contributed by atoms with Crippen molar-refractivity contribution in [2.75, 3.05) is 18.9 Å². The van der Waals surface area contributed by atoms with Gasteiger partial charge in [0.2, 0.25) is 5.91 Å². The van der Waals surface area contributed by atoms with Crippen LogP contribution < -0.4 is 10.6 Å². The van der Waals surface area contributed by atoms with Crippen molar-refractivity contribution in [3.63, 3.8) is 0 Å². The second-order valence-corrected chi connectivity index (χ2v) is 4.82. The van der Waals surface area contributed by atoms with Crippen molar-refractivity contribution in [3.8, 4) is 0 Å². The Morgan fingerprint density at radius 3 is 2.75 bits per heavy atom. The lowest BCUT2D eigenvalue weighted by Gasteiger charge is -2.13. The molecule has 16 heavy (non-hydrogen) atoms. The number of aryl methyl sites for hydroxylation is 1. The minimum atomic E-state index is -0.0342. The summed E-state index contributed by atoms with van der Waals surface area (Å²) in [7, 11) is 1.84. The number of carbonyl (C=O) groups is 1. The lowest BCUT2D eigenvalue weighted by molar-refractivity contribution is -0.119. The third-order valence-electron chi connectivity index (χ3n) is 2.40. The molecule has 0 spiro atoms. The Kier molecular flexibility index (Phi) is 4.96. The Hall–Kier alpha value is -0.870. The zero-order valence-corrected chi connectivity index (χ0v) is 11.4. The summed E-state index contributed by atoms with van der Waals surface area (Å²) in [5.74, 6) is 0.00724. The van der Waals surface area contributed by atoms with E-state index in [4.69, 9.17) is 0 Å². The molecule has 1 aromatic rings. The van der Waals surface area contributed by atoms with Crippen molar-refractivity contribution in [1.29, 1.82) is 0 Å². The number of rotatable bonds is 4. The van der Waals surface area contributed by atoms with E-state index in [2.05, 4.69) is 26.6 Å². The Morgan fingerprint density at radius 2 is 2.19 bits per heavy atom. The second-order valence-electron chi connectivity index (χ2n) is 3.91. The molecule has 1 unspecified atom stereocenters. The minimum absolute atomic E-state index is 0.0342. The van der Waals surface area contributed by atoms with Gasteiger partial charge in [0.15, 0.2) is 0 Å². The summed E-state index contributed by atoms with van der Waals surface area (Å²) < 4.78 is 1.02. The molecule has 0 saturated heterocycles. The van der Waals surface area contributed by atoms with Crippen LogP contribution >= 0.6 is 15.9 Å². The van der Waals surface area contributed by atoms with Crippen molar-refractivity contribution in [3.05, 3.63) is 28.2 Å². The van der Waals surface area contributed by atoms with Gasteiger partial charge in [0.05, 0.1) is 0 Å². The average Bonchev–Trinajstić information content (AvgIpc) is 2.22. The fourth-order valence-electron chi connectivity index (χ4n) is 1.42. The summed E-state index contributed by atoms with van der Waals surface area (Å²) in [4.78, 5) is 11.8. The van der Waals surface area contributed by atoms with E-state index in [-0.39, 0.29) is 11.8 Å². The molecule has 0 bridgehead atoms. The number of nitrogens with one attached hydrogen (secondary N) is 2. The molecule has 0 radical (unpaired) electrons. The molecule has 0 aliphatic rings. The molecule has 0 fully saturated rings. The van der Waals surface area contributed by atoms with E-state index in [0.29, 0.717) is 6.54 Å². The summed E-state index contributed by atoms with van der Waals surface area (Å²) in [6.07, 6.45) is 0. The van der Waals surface area contributed by atoms with E-state index in [1.165, 1.54) is 0 Å². The van der Waals surface area contributed by atoms with Gasteiger partial charge in [-0.25, -0.2) is 0 Å². The predicted octanol–water partition coefficient (Wildman–Crippen LogP) is 2.55. The number of hydrogen-bond acceptors (Lipinski definition) is 2. The van der Waals surface area contributed by atoms with Crippen molar-refractivity contribution < 1.29 is 4.79 Å². The predicted molar refractivity (Wildman–Crippen MR) is 70.6 cm³/mol. The lowest BCUT2D eigenvalue weighted by atomic mass is 10.1. The van der Waals surface area contributed by atoms with Crippen LogP contribution in [0.2, 0.25) is 0 Å². The van der Waals surface area contributed by atoms with E-state index in [1.807, 2.05) is 39.1 Å². The molecule has 2 N–H and O–H groups in total. The fourth-order valence-corrected chi connectivity index (χ4v) is 1.90. The quantitative estimate of drug-likeness (QED) is 0.892. The largest absolute Gasteiger partial charge is 0.326 e. The van der Waals surface area contributed by atoms with Crippen LogP contribution in [-0.2, 0) is 4.79 Å². The van der Waals surface area contributed by atoms with E-state index >= 15 is 0 Å². The summed E-state index contributed by atoms with van der Waals surface area (Å²) >= 11 is 3.39. The van der Waals surface area contributed by atoms with Crippen LogP contribution in [0.15, 0.2) is 22.7 Å². The summed E-state index contributed by atoms with van der Waals surface area (Å²) in [5, 5.41) is 5.91. The van der Waals surface area contributed by atoms with Crippen molar-refractivity contribution in [2.24, 2.45) is 5.92 Å². The number of carbonyl (C=O) groups excluding carboxylic acids is 1. The first kappa shape index (κ1) is 13.2. The minimum Gasteiger partial charge on any atom is -0.326 e. The number of hydrogen-bond donors (Lipinski definition) is 2. The van der Waals surface area contributed by atoms with Gasteiger partial charge >= 0.3 is 0 Å². The third-order valence-corrected chi connectivity index (χ3v) is 2.90. The first-order chi connectivity index (χ1) is 7.54. The van der Waals surface area contributed by atoms with E-state index in [1.54, 1.807) is 0 Å². The van der Waals surface area contributed by atoms with Crippen LogP contribution in [0.5, 0.6) is 0 Å². The maximum absolute atomic E-state index is 11.8. The Balaban J connectivity index is 2.69. The van der Waals surface area contributed by atoms with Gasteiger partial charge in [0.1, 0.15) is 0 Å². The monoisotopic (exact) mass is 284 g/mol. The van der Waals surface area contributed by atoms with Gasteiger partial charge in [-0.3, -0.25) is 4.79 Å². The van der Waals surface area contributed by atoms with E-state index in [0.717, 1.165) is 15.7 Å². The molecule has 0 aliphatic carbocycles. The maximum Gasteiger partial charge on any atom is 0.228 e. The molecule has 0 aliphatic heterocycles. The molecular formula is C12H17BrN2O. The van der Waals surface area contributed by atoms with E-state index in [9.17, 15) is 4.79 Å². The lowest BCUT2D eigenvalue weighted by Crippen LogP contribution is -2.28. The van der Waals surface area contributed by atoms with Crippen LogP contribution in [0, 0.1) is 12.8 Å². The van der Waals surface area contributed by atoms with Crippen LogP contribution in [0.25, 0.3) is 0 Å². The van der Waals surface area contributed by atoms with Crippen LogP contribution in [-0.4, -0.2) is 19.5 Å². The first-order valence-corrected chi connectivity index (χ1v) is 6.05. The third kappa shape index (κ3) is 3.61. The molecule has 1 rings (SSSR count). The SMILES string of the molecule is CNCC(C)C(=O)Nc1ccc(Br)cc1C. The number of anilines is 1. The molecular weight excluding hydrogens is 268 g/mol. The van der Waals surface area contributed by atoms with Crippen LogP contribution in [0.3, 0.4) is 0 Å². The maximum atomic E-state index is 11.8. The van der Waals surface area contributed by atoms with Gasteiger partial charge in [0.25, 0.3) is 0 Å².